The van der Waals surface area contributed by atoms with E-state index >= 15 is 0 Å². The van der Waals surface area contributed by atoms with E-state index in [9.17, 15) is 4.79 Å². The SMILES string of the molecule is Cc1cc(C)nc(SCC(=O)NC2(c3noc(C)n3)CCCCC2)n1. The number of hydrogen-bond donors (Lipinski definition) is 1. The van der Waals surface area contributed by atoms with Crippen molar-refractivity contribution in [2.24, 2.45) is 0 Å². The molecule has 8 heteroatoms. The number of aromatic nitrogens is 4. The van der Waals surface area contributed by atoms with Crippen LogP contribution in [-0.4, -0.2) is 31.8 Å². The van der Waals surface area contributed by atoms with E-state index in [-0.39, 0.29) is 11.7 Å². The Morgan fingerprint density at radius 3 is 2.44 bits per heavy atom. The Kier molecular flexibility index (Phi) is 5.36. The smallest absolute Gasteiger partial charge is 0.231 e. The van der Waals surface area contributed by atoms with Gasteiger partial charge in [-0.3, -0.25) is 4.79 Å². The van der Waals surface area contributed by atoms with Crippen LogP contribution in [0.25, 0.3) is 0 Å². The van der Waals surface area contributed by atoms with E-state index in [0.717, 1.165) is 37.1 Å². The zero-order valence-corrected chi connectivity index (χ0v) is 15.7. The van der Waals surface area contributed by atoms with E-state index in [4.69, 9.17) is 4.52 Å². The minimum absolute atomic E-state index is 0.0582. The second-order valence-corrected chi connectivity index (χ2v) is 7.49. The minimum atomic E-state index is -0.517. The van der Waals surface area contributed by atoms with Crippen LogP contribution in [0.15, 0.2) is 15.7 Å². The highest BCUT2D eigenvalue weighted by Crippen LogP contribution is 2.35. The zero-order valence-electron chi connectivity index (χ0n) is 14.8. The highest BCUT2D eigenvalue weighted by molar-refractivity contribution is 7.99. The summed E-state index contributed by atoms with van der Waals surface area (Å²) in [6.07, 6.45) is 4.92. The standard InChI is InChI=1S/C17H23N5O2S/c1-11-9-12(2)19-16(18-11)25-10-14(23)21-17(7-5-4-6-8-17)15-20-13(3)24-22-15/h9H,4-8,10H2,1-3H3,(H,21,23). The predicted molar refractivity (Wildman–Crippen MR) is 94.2 cm³/mol. The summed E-state index contributed by atoms with van der Waals surface area (Å²) in [4.78, 5) is 25.7. The van der Waals surface area contributed by atoms with Crippen molar-refractivity contribution in [1.29, 1.82) is 0 Å². The lowest BCUT2D eigenvalue weighted by atomic mass is 9.81. The van der Waals surface area contributed by atoms with E-state index in [2.05, 4.69) is 25.4 Å². The number of carbonyl (C=O) groups is 1. The molecule has 0 unspecified atom stereocenters. The lowest BCUT2D eigenvalue weighted by Crippen LogP contribution is -2.48. The normalized spacial score (nSPS) is 16.6. The molecule has 0 bridgehead atoms. The van der Waals surface area contributed by atoms with Crippen LogP contribution in [0.3, 0.4) is 0 Å². The van der Waals surface area contributed by atoms with Crippen molar-refractivity contribution in [2.75, 3.05) is 5.75 Å². The summed E-state index contributed by atoms with van der Waals surface area (Å²) < 4.78 is 5.14. The quantitative estimate of drug-likeness (QED) is 0.646. The third-order valence-electron chi connectivity index (χ3n) is 4.34. The lowest BCUT2D eigenvalue weighted by Gasteiger charge is -2.35. The molecule has 0 aliphatic heterocycles. The fraction of sp³-hybridized carbons (Fsp3) is 0.588. The molecular weight excluding hydrogens is 338 g/mol. The van der Waals surface area contributed by atoms with Crippen LogP contribution in [0.4, 0.5) is 0 Å². The maximum atomic E-state index is 12.6. The first-order valence-electron chi connectivity index (χ1n) is 8.54. The van der Waals surface area contributed by atoms with Gasteiger partial charge < -0.3 is 9.84 Å². The molecule has 0 aromatic carbocycles. The molecule has 0 atom stereocenters. The Labute approximate surface area is 151 Å². The largest absolute Gasteiger partial charge is 0.342 e. The highest BCUT2D eigenvalue weighted by atomic mass is 32.2. The summed E-state index contributed by atoms with van der Waals surface area (Å²) in [7, 11) is 0. The van der Waals surface area contributed by atoms with E-state index in [1.807, 2.05) is 19.9 Å². The molecule has 0 radical (unpaired) electrons. The lowest BCUT2D eigenvalue weighted by molar-refractivity contribution is -0.121. The summed E-state index contributed by atoms with van der Waals surface area (Å²) in [5.41, 5.74) is 1.29. The average molecular weight is 361 g/mol. The molecule has 0 spiro atoms. The van der Waals surface area contributed by atoms with E-state index in [0.29, 0.717) is 16.9 Å². The van der Waals surface area contributed by atoms with Crippen LogP contribution < -0.4 is 5.32 Å². The Hall–Kier alpha value is -1.96. The van der Waals surface area contributed by atoms with Crippen LogP contribution in [0, 0.1) is 20.8 Å². The molecule has 7 nitrogen and oxygen atoms in total. The number of thioether (sulfide) groups is 1. The van der Waals surface area contributed by atoms with Gasteiger partial charge in [0.05, 0.1) is 5.75 Å². The predicted octanol–water partition coefficient (Wildman–Crippen LogP) is 2.85. The molecule has 1 saturated carbocycles. The topological polar surface area (TPSA) is 93.8 Å². The molecule has 3 rings (SSSR count). The fourth-order valence-electron chi connectivity index (χ4n) is 3.24. The van der Waals surface area contributed by atoms with Gasteiger partial charge in [-0.15, -0.1) is 0 Å². The molecule has 1 fully saturated rings. The van der Waals surface area contributed by atoms with Crippen LogP contribution in [-0.2, 0) is 10.3 Å². The van der Waals surface area contributed by atoms with Gasteiger partial charge in [0.25, 0.3) is 0 Å². The molecule has 0 saturated heterocycles. The Morgan fingerprint density at radius 1 is 1.16 bits per heavy atom. The van der Waals surface area contributed by atoms with Gasteiger partial charge in [-0.2, -0.15) is 4.98 Å². The molecule has 1 N–H and O–H groups in total. The van der Waals surface area contributed by atoms with Crippen molar-refractivity contribution in [3.63, 3.8) is 0 Å². The summed E-state index contributed by atoms with van der Waals surface area (Å²) in [6, 6.07) is 1.92. The molecule has 1 amide bonds. The molecular formula is C17H23N5O2S. The second kappa shape index (κ2) is 7.51. The number of nitrogens with zero attached hydrogens (tertiary/aromatic N) is 4. The fourth-order valence-corrected chi connectivity index (χ4v) is 3.99. The van der Waals surface area contributed by atoms with Crippen LogP contribution >= 0.6 is 11.8 Å². The summed E-state index contributed by atoms with van der Waals surface area (Å²) in [5.74, 6) is 1.32. The second-order valence-electron chi connectivity index (χ2n) is 6.55. The molecule has 2 heterocycles. The Bertz CT molecular complexity index is 735. The monoisotopic (exact) mass is 361 g/mol. The van der Waals surface area contributed by atoms with Gasteiger partial charge in [0.1, 0.15) is 5.54 Å². The summed E-state index contributed by atoms with van der Waals surface area (Å²) in [5, 5.41) is 7.86. The van der Waals surface area contributed by atoms with E-state index < -0.39 is 5.54 Å². The van der Waals surface area contributed by atoms with Gasteiger partial charge in [0.15, 0.2) is 11.0 Å². The third-order valence-corrected chi connectivity index (χ3v) is 5.18. The number of aryl methyl sites for hydroxylation is 3. The number of amides is 1. The first-order chi connectivity index (χ1) is 12.0. The summed E-state index contributed by atoms with van der Waals surface area (Å²) in [6.45, 7) is 5.62. The van der Waals surface area contributed by atoms with Gasteiger partial charge in [0, 0.05) is 18.3 Å². The molecule has 134 valence electrons. The number of rotatable bonds is 5. The average Bonchev–Trinajstić information content (AvgIpc) is 3.00. The molecule has 25 heavy (non-hydrogen) atoms. The molecule has 2 aromatic heterocycles. The van der Waals surface area contributed by atoms with Gasteiger partial charge in [-0.05, 0) is 32.8 Å². The highest BCUT2D eigenvalue weighted by Gasteiger charge is 2.39. The maximum absolute atomic E-state index is 12.6. The van der Waals surface area contributed by atoms with Crippen molar-refractivity contribution < 1.29 is 9.32 Å². The van der Waals surface area contributed by atoms with Crippen molar-refractivity contribution in [1.82, 2.24) is 25.4 Å². The van der Waals surface area contributed by atoms with Gasteiger partial charge in [-0.25, -0.2) is 9.97 Å². The summed E-state index contributed by atoms with van der Waals surface area (Å²) >= 11 is 1.35. The third kappa shape index (κ3) is 4.36. The van der Waals surface area contributed by atoms with Crippen LogP contribution in [0.5, 0.6) is 0 Å². The zero-order chi connectivity index (χ0) is 17.9. The Morgan fingerprint density at radius 2 is 1.84 bits per heavy atom. The van der Waals surface area contributed by atoms with Crippen molar-refractivity contribution in [3.05, 3.63) is 29.2 Å². The van der Waals surface area contributed by atoms with Gasteiger partial charge in [0.2, 0.25) is 11.8 Å². The molecule has 1 aliphatic carbocycles. The molecule has 2 aromatic rings. The van der Waals surface area contributed by atoms with Gasteiger partial charge in [-0.1, -0.05) is 36.2 Å². The van der Waals surface area contributed by atoms with Crippen molar-refractivity contribution >= 4 is 17.7 Å². The molecule has 1 aliphatic rings. The van der Waals surface area contributed by atoms with Gasteiger partial charge >= 0.3 is 0 Å². The number of nitrogens with one attached hydrogen (secondary N) is 1. The van der Waals surface area contributed by atoms with Crippen molar-refractivity contribution in [2.45, 2.75) is 63.6 Å². The first kappa shape index (κ1) is 17.8. The van der Waals surface area contributed by atoms with E-state index in [1.54, 1.807) is 6.92 Å². The minimum Gasteiger partial charge on any atom is -0.342 e. The van der Waals surface area contributed by atoms with Crippen LogP contribution in [0.1, 0.15) is 55.2 Å². The van der Waals surface area contributed by atoms with E-state index in [1.165, 1.54) is 18.2 Å². The Balaban J connectivity index is 1.68. The number of hydrogen-bond acceptors (Lipinski definition) is 7. The van der Waals surface area contributed by atoms with Crippen LogP contribution in [0.2, 0.25) is 0 Å². The maximum Gasteiger partial charge on any atom is 0.231 e. The first-order valence-corrected chi connectivity index (χ1v) is 9.52. The number of carbonyl (C=O) groups excluding carboxylic acids is 1. The van der Waals surface area contributed by atoms with Crippen molar-refractivity contribution in [3.8, 4) is 0 Å².